The number of hydrogen-bond acceptors (Lipinski definition) is 4. The van der Waals surface area contributed by atoms with Crippen LogP contribution in [-0.2, 0) is 4.74 Å². The standard InChI is InChI=1S/C11H12ClNO3/c12-10-7-9(8-13)1-2-11(10)16-6-5-15-4-3-14/h1-2,7,14H,3-6H2. The first-order chi connectivity index (χ1) is 7.77. The highest BCUT2D eigenvalue weighted by Crippen LogP contribution is 2.24. The molecule has 0 saturated heterocycles. The van der Waals surface area contributed by atoms with Gasteiger partial charge in [0, 0.05) is 0 Å². The molecule has 1 aromatic carbocycles. The first kappa shape index (κ1) is 12.8. The van der Waals surface area contributed by atoms with Crippen LogP contribution in [0.1, 0.15) is 5.56 Å². The summed E-state index contributed by atoms with van der Waals surface area (Å²) < 4.78 is 10.4. The van der Waals surface area contributed by atoms with Crippen LogP contribution in [0.25, 0.3) is 0 Å². The van der Waals surface area contributed by atoms with Crippen LogP contribution in [0.3, 0.4) is 0 Å². The molecule has 0 unspecified atom stereocenters. The fourth-order valence-electron chi connectivity index (χ4n) is 1.06. The number of halogens is 1. The minimum atomic E-state index is -0.00236. The zero-order chi connectivity index (χ0) is 11.8. The van der Waals surface area contributed by atoms with Crippen molar-refractivity contribution >= 4 is 11.6 Å². The van der Waals surface area contributed by atoms with Gasteiger partial charge in [-0.25, -0.2) is 0 Å². The number of benzene rings is 1. The van der Waals surface area contributed by atoms with Gasteiger partial charge in [0.2, 0.25) is 0 Å². The first-order valence-electron chi connectivity index (χ1n) is 4.79. The van der Waals surface area contributed by atoms with Crippen LogP contribution in [-0.4, -0.2) is 31.5 Å². The summed E-state index contributed by atoms with van der Waals surface area (Å²) >= 11 is 5.89. The average molecular weight is 242 g/mol. The second-order valence-corrected chi connectivity index (χ2v) is 3.35. The van der Waals surface area contributed by atoms with Crippen LogP contribution in [0.15, 0.2) is 18.2 Å². The molecule has 5 heteroatoms. The Morgan fingerprint density at radius 2 is 2.12 bits per heavy atom. The Kier molecular flexibility index (Phi) is 5.65. The number of ether oxygens (including phenoxy) is 2. The molecule has 0 heterocycles. The van der Waals surface area contributed by atoms with Gasteiger partial charge in [-0.2, -0.15) is 5.26 Å². The van der Waals surface area contributed by atoms with Gasteiger partial charge in [0.25, 0.3) is 0 Å². The highest BCUT2D eigenvalue weighted by Gasteiger charge is 2.02. The summed E-state index contributed by atoms with van der Waals surface area (Å²) in [4.78, 5) is 0. The summed E-state index contributed by atoms with van der Waals surface area (Å²) in [7, 11) is 0. The van der Waals surface area contributed by atoms with Gasteiger partial charge in [-0.3, -0.25) is 0 Å². The minimum Gasteiger partial charge on any atom is -0.490 e. The van der Waals surface area contributed by atoms with Crippen molar-refractivity contribution in [3.63, 3.8) is 0 Å². The maximum Gasteiger partial charge on any atom is 0.138 e. The molecule has 1 aromatic rings. The van der Waals surface area contributed by atoms with Crippen LogP contribution in [0.5, 0.6) is 5.75 Å². The van der Waals surface area contributed by atoms with E-state index in [1.807, 2.05) is 6.07 Å². The van der Waals surface area contributed by atoms with E-state index in [0.29, 0.717) is 36.2 Å². The summed E-state index contributed by atoms with van der Waals surface area (Å²) in [6, 6.07) is 6.81. The Bertz CT molecular complexity index is 376. The average Bonchev–Trinajstić information content (AvgIpc) is 2.30. The predicted molar refractivity (Wildman–Crippen MR) is 59.6 cm³/mol. The molecular formula is C11H12ClNO3. The fourth-order valence-corrected chi connectivity index (χ4v) is 1.30. The maximum absolute atomic E-state index is 8.63. The van der Waals surface area contributed by atoms with E-state index in [2.05, 4.69) is 0 Å². The van der Waals surface area contributed by atoms with Crippen molar-refractivity contribution in [3.05, 3.63) is 28.8 Å². The highest BCUT2D eigenvalue weighted by atomic mass is 35.5. The van der Waals surface area contributed by atoms with Crippen molar-refractivity contribution in [3.8, 4) is 11.8 Å². The summed E-state index contributed by atoms with van der Waals surface area (Å²) in [6.45, 7) is 1.03. The van der Waals surface area contributed by atoms with Gasteiger partial charge in [-0.15, -0.1) is 0 Å². The van der Waals surface area contributed by atoms with Crippen molar-refractivity contribution in [2.24, 2.45) is 0 Å². The van der Waals surface area contributed by atoms with Crippen LogP contribution in [0, 0.1) is 11.3 Å². The Labute approximate surface area is 99.0 Å². The van der Waals surface area contributed by atoms with Crippen LogP contribution < -0.4 is 4.74 Å². The third kappa shape index (κ3) is 4.07. The molecule has 0 amide bonds. The lowest BCUT2D eigenvalue weighted by molar-refractivity contribution is 0.0705. The van der Waals surface area contributed by atoms with E-state index in [9.17, 15) is 0 Å². The number of rotatable bonds is 6. The van der Waals surface area contributed by atoms with Gasteiger partial charge in [-0.1, -0.05) is 11.6 Å². The van der Waals surface area contributed by atoms with Crippen molar-refractivity contribution in [2.75, 3.05) is 26.4 Å². The van der Waals surface area contributed by atoms with Gasteiger partial charge < -0.3 is 14.6 Å². The lowest BCUT2D eigenvalue weighted by Crippen LogP contribution is -2.09. The van der Waals surface area contributed by atoms with E-state index in [4.69, 9.17) is 31.4 Å². The fraction of sp³-hybridized carbons (Fsp3) is 0.364. The molecular weight excluding hydrogens is 230 g/mol. The molecule has 1 N–H and O–H groups in total. The number of nitrogens with zero attached hydrogens (tertiary/aromatic N) is 1. The van der Waals surface area contributed by atoms with Crippen LogP contribution in [0.4, 0.5) is 0 Å². The lowest BCUT2D eigenvalue weighted by atomic mass is 10.2. The van der Waals surface area contributed by atoms with Crippen LogP contribution >= 0.6 is 11.6 Å². The second kappa shape index (κ2) is 7.07. The Morgan fingerprint density at radius 3 is 2.75 bits per heavy atom. The van der Waals surface area contributed by atoms with E-state index in [-0.39, 0.29) is 6.61 Å². The quantitative estimate of drug-likeness (QED) is 0.769. The molecule has 0 aliphatic carbocycles. The van der Waals surface area contributed by atoms with E-state index in [1.54, 1.807) is 18.2 Å². The Hall–Kier alpha value is -1.28. The minimum absolute atomic E-state index is 0.00236. The molecule has 0 saturated carbocycles. The van der Waals surface area contributed by atoms with E-state index < -0.39 is 0 Å². The monoisotopic (exact) mass is 241 g/mol. The first-order valence-corrected chi connectivity index (χ1v) is 5.16. The molecule has 0 spiro atoms. The highest BCUT2D eigenvalue weighted by molar-refractivity contribution is 6.32. The molecule has 86 valence electrons. The third-order valence-corrected chi connectivity index (χ3v) is 2.08. The van der Waals surface area contributed by atoms with Crippen molar-refractivity contribution < 1.29 is 14.6 Å². The van der Waals surface area contributed by atoms with Gasteiger partial charge in [0.15, 0.2) is 0 Å². The van der Waals surface area contributed by atoms with Gasteiger partial charge in [-0.05, 0) is 18.2 Å². The van der Waals surface area contributed by atoms with E-state index in [0.717, 1.165) is 0 Å². The Balaban J connectivity index is 2.40. The molecule has 0 aromatic heterocycles. The van der Waals surface area contributed by atoms with E-state index >= 15 is 0 Å². The molecule has 1 rings (SSSR count). The number of nitriles is 1. The third-order valence-electron chi connectivity index (χ3n) is 1.78. The summed E-state index contributed by atoms with van der Waals surface area (Å²) in [5, 5.41) is 17.5. The molecule has 0 radical (unpaired) electrons. The molecule has 0 atom stereocenters. The smallest absolute Gasteiger partial charge is 0.138 e. The molecule has 4 nitrogen and oxygen atoms in total. The lowest BCUT2D eigenvalue weighted by Gasteiger charge is -2.08. The maximum atomic E-state index is 8.63. The van der Waals surface area contributed by atoms with Gasteiger partial charge >= 0.3 is 0 Å². The van der Waals surface area contributed by atoms with Gasteiger partial charge in [0.1, 0.15) is 12.4 Å². The largest absolute Gasteiger partial charge is 0.490 e. The van der Waals surface area contributed by atoms with E-state index in [1.165, 1.54) is 0 Å². The number of hydrogen-bond donors (Lipinski definition) is 1. The normalized spacial score (nSPS) is 9.81. The van der Waals surface area contributed by atoms with Crippen molar-refractivity contribution in [2.45, 2.75) is 0 Å². The molecule has 0 fully saturated rings. The summed E-state index contributed by atoms with van der Waals surface area (Å²) in [5.74, 6) is 0.522. The van der Waals surface area contributed by atoms with Crippen LogP contribution in [0.2, 0.25) is 5.02 Å². The molecule has 0 bridgehead atoms. The molecule has 0 aliphatic heterocycles. The predicted octanol–water partition coefficient (Wildman–Crippen LogP) is 1.60. The number of aliphatic hydroxyl groups excluding tert-OH is 1. The SMILES string of the molecule is N#Cc1ccc(OCCOCCO)c(Cl)c1. The zero-order valence-corrected chi connectivity index (χ0v) is 9.41. The van der Waals surface area contributed by atoms with Crippen molar-refractivity contribution in [1.29, 1.82) is 5.26 Å². The molecule has 16 heavy (non-hydrogen) atoms. The van der Waals surface area contributed by atoms with Gasteiger partial charge in [0.05, 0.1) is 36.5 Å². The Morgan fingerprint density at radius 1 is 1.31 bits per heavy atom. The summed E-state index contributed by atoms with van der Waals surface area (Å²) in [5.41, 5.74) is 0.494. The molecule has 0 aliphatic rings. The summed E-state index contributed by atoms with van der Waals surface area (Å²) in [6.07, 6.45) is 0. The van der Waals surface area contributed by atoms with Crippen molar-refractivity contribution in [1.82, 2.24) is 0 Å². The topological polar surface area (TPSA) is 62.5 Å². The number of aliphatic hydroxyl groups is 1. The second-order valence-electron chi connectivity index (χ2n) is 2.94. The zero-order valence-electron chi connectivity index (χ0n) is 8.65.